The van der Waals surface area contributed by atoms with E-state index in [0.29, 0.717) is 24.7 Å². The summed E-state index contributed by atoms with van der Waals surface area (Å²) in [6.45, 7) is 1.90. The number of imidazole rings is 1. The molecule has 3 N–H and O–H groups in total. The van der Waals surface area contributed by atoms with Crippen molar-refractivity contribution in [3.63, 3.8) is 0 Å². The quantitative estimate of drug-likeness (QED) is 0.693. The Morgan fingerprint density at radius 1 is 1.58 bits per heavy atom. The van der Waals surface area contributed by atoms with Gasteiger partial charge in [-0.25, -0.2) is 4.98 Å². The molecule has 0 radical (unpaired) electrons. The monoisotopic (exact) mass is 264 g/mol. The van der Waals surface area contributed by atoms with Crippen molar-refractivity contribution >= 4 is 22.9 Å². The van der Waals surface area contributed by atoms with Gasteiger partial charge in [0.1, 0.15) is 5.52 Å². The van der Waals surface area contributed by atoms with Gasteiger partial charge in [-0.1, -0.05) is 0 Å². The molecule has 8 nitrogen and oxygen atoms in total. The summed E-state index contributed by atoms with van der Waals surface area (Å²) in [5, 5.41) is 12.1. The van der Waals surface area contributed by atoms with Crippen LogP contribution in [0.4, 0.5) is 11.8 Å². The molecule has 1 unspecified atom stereocenters. The predicted octanol–water partition coefficient (Wildman–Crippen LogP) is -0.408. The average molecular weight is 264 g/mol. The number of aliphatic hydroxyl groups excluding tert-OH is 1. The first-order chi connectivity index (χ1) is 9.31. The Hall–Kier alpha value is -1.93. The van der Waals surface area contributed by atoms with Crippen molar-refractivity contribution in [1.29, 1.82) is 0 Å². The third kappa shape index (κ3) is 2.20. The third-order valence-electron chi connectivity index (χ3n) is 3.13. The lowest BCUT2D eigenvalue weighted by atomic mass is 10.3. The normalized spacial score (nSPS) is 19.9. The van der Waals surface area contributed by atoms with Crippen LogP contribution in [0.3, 0.4) is 0 Å². The van der Waals surface area contributed by atoms with E-state index in [1.165, 1.54) is 0 Å². The zero-order chi connectivity index (χ0) is 13.2. The summed E-state index contributed by atoms with van der Waals surface area (Å²) in [5.41, 5.74) is 1.43. The average Bonchev–Trinajstić information content (AvgIpc) is 2.94. The fourth-order valence-corrected chi connectivity index (χ4v) is 2.18. The topological polar surface area (TPSA) is 99.2 Å². The summed E-state index contributed by atoms with van der Waals surface area (Å²) in [4.78, 5) is 18.1. The molecule has 2 aromatic heterocycles. The number of nitrogens with zero attached hydrogens (tertiary/aromatic N) is 4. The predicted molar refractivity (Wildman–Crippen MR) is 70.3 cm³/mol. The Morgan fingerprint density at radius 2 is 2.47 bits per heavy atom. The van der Waals surface area contributed by atoms with Crippen molar-refractivity contribution in [2.75, 3.05) is 43.6 Å². The van der Waals surface area contributed by atoms with Crippen LogP contribution in [0.25, 0.3) is 11.2 Å². The van der Waals surface area contributed by atoms with Crippen molar-refractivity contribution in [2.24, 2.45) is 0 Å². The third-order valence-corrected chi connectivity index (χ3v) is 3.13. The van der Waals surface area contributed by atoms with Crippen LogP contribution in [0.1, 0.15) is 0 Å². The van der Waals surface area contributed by atoms with Gasteiger partial charge in [-0.2, -0.15) is 9.97 Å². The molecule has 102 valence electrons. The van der Waals surface area contributed by atoms with E-state index < -0.39 is 0 Å². The van der Waals surface area contributed by atoms with Crippen molar-refractivity contribution in [1.82, 2.24) is 19.9 Å². The Balaban J connectivity index is 2.00. The van der Waals surface area contributed by atoms with Gasteiger partial charge in [0.25, 0.3) is 0 Å². The Bertz CT molecular complexity index is 571. The molecular weight excluding hydrogens is 248 g/mol. The summed E-state index contributed by atoms with van der Waals surface area (Å²) >= 11 is 0. The molecule has 1 aliphatic heterocycles. The second-order valence-electron chi connectivity index (χ2n) is 4.34. The molecule has 8 heteroatoms. The van der Waals surface area contributed by atoms with E-state index >= 15 is 0 Å². The van der Waals surface area contributed by atoms with Crippen molar-refractivity contribution in [2.45, 2.75) is 6.10 Å². The first-order valence-corrected chi connectivity index (χ1v) is 6.18. The summed E-state index contributed by atoms with van der Waals surface area (Å²) in [6, 6.07) is 0. The summed E-state index contributed by atoms with van der Waals surface area (Å²) in [7, 11) is 1.77. The summed E-state index contributed by atoms with van der Waals surface area (Å²) < 4.78 is 5.45. The smallest absolute Gasteiger partial charge is 0.226 e. The minimum Gasteiger partial charge on any atom is -0.394 e. The molecule has 1 aliphatic rings. The summed E-state index contributed by atoms with van der Waals surface area (Å²) in [5.74, 6) is 1.32. The van der Waals surface area contributed by atoms with Crippen molar-refractivity contribution in [3.05, 3.63) is 6.33 Å². The molecule has 2 aromatic rings. The fourth-order valence-electron chi connectivity index (χ4n) is 2.18. The van der Waals surface area contributed by atoms with Crippen LogP contribution < -0.4 is 10.2 Å². The molecule has 0 aromatic carbocycles. The van der Waals surface area contributed by atoms with Crippen LogP contribution >= 0.6 is 0 Å². The maximum absolute atomic E-state index is 9.21. The molecule has 3 rings (SSSR count). The van der Waals surface area contributed by atoms with Crippen LogP contribution in [-0.2, 0) is 4.74 Å². The summed E-state index contributed by atoms with van der Waals surface area (Å²) in [6.07, 6.45) is 1.42. The SMILES string of the molecule is CNc1nc(N2CCOC(CO)C2)c2[nH]cnc2n1. The molecule has 0 saturated carbocycles. The van der Waals surface area contributed by atoms with Gasteiger partial charge in [-0.05, 0) is 0 Å². The highest BCUT2D eigenvalue weighted by molar-refractivity contribution is 5.84. The number of ether oxygens (including phenoxy) is 1. The first kappa shape index (κ1) is 12.1. The highest BCUT2D eigenvalue weighted by Gasteiger charge is 2.23. The number of aromatic nitrogens is 4. The van der Waals surface area contributed by atoms with E-state index in [2.05, 4.69) is 30.2 Å². The lowest BCUT2D eigenvalue weighted by Gasteiger charge is -2.33. The largest absolute Gasteiger partial charge is 0.394 e. The maximum Gasteiger partial charge on any atom is 0.226 e. The molecule has 0 spiro atoms. The van der Waals surface area contributed by atoms with Crippen molar-refractivity contribution < 1.29 is 9.84 Å². The number of nitrogens with one attached hydrogen (secondary N) is 2. The van der Waals surface area contributed by atoms with Gasteiger partial charge in [-0.15, -0.1) is 0 Å². The zero-order valence-electron chi connectivity index (χ0n) is 10.6. The molecule has 3 heterocycles. The Morgan fingerprint density at radius 3 is 3.26 bits per heavy atom. The number of rotatable bonds is 3. The number of aliphatic hydroxyl groups is 1. The number of hydrogen-bond donors (Lipinski definition) is 3. The number of anilines is 2. The molecule has 0 bridgehead atoms. The molecule has 0 amide bonds. The maximum atomic E-state index is 9.21. The highest BCUT2D eigenvalue weighted by Crippen LogP contribution is 2.24. The standard InChI is InChI=1S/C11H16N6O2/c1-12-11-15-9-8(13-6-14-9)10(16-11)17-2-3-19-7(4-17)5-18/h6-7,18H,2-5H2,1H3,(H2,12,13,14,15,16). The second-order valence-corrected chi connectivity index (χ2v) is 4.34. The lowest BCUT2D eigenvalue weighted by molar-refractivity contribution is 0.00343. The number of aromatic amines is 1. The van der Waals surface area contributed by atoms with E-state index in [4.69, 9.17) is 4.74 Å². The van der Waals surface area contributed by atoms with Crippen LogP contribution in [0.15, 0.2) is 6.33 Å². The van der Waals surface area contributed by atoms with E-state index in [-0.39, 0.29) is 12.7 Å². The molecule has 0 aliphatic carbocycles. The van der Waals surface area contributed by atoms with E-state index in [0.717, 1.165) is 17.9 Å². The van der Waals surface area contributed by atoms with Crippen molar-refractivity contribution in [3.8, 4) is 0 Å². The second kappa shape index (κ2) is 4.98. The van der Waals surface area contributed by atoms with Gasteiger partial charge in [-0.3, -0.25) is 0 Å². The van der Waals surface area contributed by atoms with E-state index in [1.807, 2.05) is 0 Å². The minimum absolute atomic E-state index is 0.00654. The zero-order valence-corrected chi connectivity index (χ0v) is 10.6. The van der Waals surface area contributed by atoms with Crippen LogP contribution in [0.2, 0.25) is 0 Å². The van der Waals surface area contributed by atoms with E-state index in [9.17, 15) is 5.11 Å². The van der Waals surface area contributed by atoms with Gasteiger partial charge in [0.2, 0.25) is 5.95 Å². The fraction of sp³-hybridized carbons (Fsp3) is 0.545. The van der Waals surface area contributed by atoms with Gasteiger partial charge >= 0.3 is 0 Å². The Kier molecular flexibility index (Phi) is 3.18. The first-order valence-electron chi connectivity index (χ1n) is 6.18. The van der Waals surface area contributed by atoms with Gasteiger partial charge in [0.05, 0.1) is 25.6 Å². The van der Waals surface area contributed by atoms with Crippen LogP contribution in [-0.4, -0.2) is 64.5 Å². The number of H-pyrrole nitrogens is 1. The van der Waals surface area contributed by atoms with Crippen LogP contribution in [0, 0.1) is 0 Å². The Labute approximate surface area is 109 Å². The van der Waals surface area contributed by atoms with Gasteiger partial charge < -0.3 is 25.0 Å². The molecule has 1 atom stereocenters. The molecular formula is C11H16N6O2. The van der Waals surface area contributed by atoms with E-state index in [1.54, 1.807) is 13.4 Å². The molecule has 1 saturated heterocycles. The number of fused-ring (bicyclic) bond motifs is 1. The molecule has 1 fully saturated rings. The molecule has 19 heavy (non-hydrogen) atoms. The number of morpholine rings is 1. The van der Waals surface area contributed by atoms with Gasteiger partial charge in [0, 0.05) is 20.1 Å². The lowest BCUT2D eigenvalue weighted by Crippen LogP contribution is -2.44. The number of hydrogen-bond acceptors (Lipinski definition) is 7. The minimum atomic E-state index is -0.181. The van der Waals surface area contributed by atoms with Crippen LogP contribution in [0.5, 0.6) is 0 Å². The highest BCUT2D eigenvalue weighted by atomic mass is 16.5. The van der Waals surface area contributed by atoms with Gasteiger partial charge in [0.15, 0.2) is 11.5 Å².